The first-order chi connectivity index (χ1) is 10.5. The van der Waals surface area contributed by atoms with Crippen LogP contribution in [0.2, 0.25) is 0 Å². The fourth-order valence-corrected chi connectivity index (χ4v) is 3.53. The highest BCUT2D eigenvalue weighted by atomic mass is 32.2. The highest BCUT2D eigenvalue weighted by molar-refractivity contribution is 7.89. The molecule has 1 aromatic carbocycles. The Morgan fingerprint density at radius 3 is 2.23 bits per heavy atom. The number of rotatable bonds is 9. The molecule has 0 fully saturated rings. The average molecular weight is 323 g/mol. The topological polar surface area (TPSA) is 54.5 Å². The number of aryl methyl sites for hydroxylation is 1. The zero-order valence-electron chi connectivity index (χ0n) is 13.6. The molecular weight excluding hydrogens is 298 g/mol. The van der Waals surface area contributed by atoms with Crippen LogP contribution in [0.15, 0.2) is 40.8 Å². The predicted molar refractivity (Wildman–Crippen MR) is 89.3 cm³/mol. The maximum atomic E-state index is 12.7. The van der Waals surface area contributed by atoms with Crippen molar-refractivity contribution >= 4 is 16.3 Å². The van der Waals surface area contributed by atoms with Gasteiger partial charge in [0, 0.05) is 19.5 Å². The molecule has 0 saturated carbocycles. The molecule has 0 aromatic heterocycles. The molecule has 0 spiro atoms. The molecular formula is C17H25NO3S. The summed E-state index contributed by atoms with van der Waals surface area (Å²) in [5.41, 5.74) is 2.23. The van der Waals surface area contributed by atoms with E-state index in [2.05, 4.69) is 13.8 Å². The maximum absolute atomic E-state index is 12.7. The zero-order chi connectivity index (χ0) is 16.6. The molecule has 0 heterocycles. The van der Waals surface area contributed by atoms with Crippen molar-refractivity contribution < 1.29 is 13.2 Å². The Morgan fingerprint density at radius 2 is 1.73 bits per heavy atom. The van der Waals surface area contributed by atoms with Crippen LogP contribution in [0.25, 0.3) is 0 Å². The summed E-state index contributed by atoms with van der Waals surface area (Å²) in [7, 11) is -3.57. The van der Waals surface area contributed by atoms with Gasteiger partial charge in [0.25, 0.3) is 0 Å². The predicted octanol–water partition coefficient (Wildman–Crippen LogP) is 3.32. The first kappa shape index (κ1) is 18.6. The fraction of sp³-hybridized carbons (Fsp3) is 0.471. The molecule has 0 atom stereocenters. The molecule has 0 bridgehead atoms. The smallest absolute Gasteiger partial charge is 0.243 e. The second-order valence-electron chi connectivity index (χ2n) is 5.20. The minimum atomic E-state index is -3.57. The third-order valence-corrected chi connectivity index (χ3v) is 5.53. The molecule has 122 valence electrons. The maximum Gasteiger partial charge on any atom is 0.243 e. The molecule has 0 amide bonds. The number of nitrogens with zero attached hydrogens (tertiary/aromatic N) is 1. The second-order valence-corrected chi connectivity index (χ2v) is 7.14. The average Bonchev–Trinajstić information content (AvgIpc) is 2.51. The SMILES string of the molecule is CCC(=CCN(CCC=O)S(=O)(=O)c1ccc(C)cc1)CC. The van der Waals surface area contributed by atoms with Gasteiger partial charge in [0.05, 0.1) is 4.90 Å². The number of carbonyl (C=O) groups excluding carboxylic acids is 1. The minimum Gasteiger partial charge on any atom is -0.303 e. The first-order valence-electron chi connectivity index (χ1n) is 7.64. The van der Waals surface area contributed by atoms with Gasteiger partial charge in [0.2, 0.25) is 10.0 Å². The van der Waals surface area contributed by atoms with Gasteiger partial charge in [-0.15, -0.1) is 0 Å². The van der Waals surface area contributed by atoms with E-state index in [0.29, 0.717) is 6.54 Å². The Morgan fingerprint density at radius 1 is 1.14 bits per heavy atom. The molecule has 0 N–H and O–H groups in total. The Labute approximate surface area is 133 Å². The van der Waals surface area contributed by atoms with E-state index in [1.165, 1.54) is 9.88 Å². The summed E-state index contributed by atoms with van der Waals surface area (Å²) in [5, 5.41) is 0. The largest absolute Gasteiger partial charge is 0.303 e. The van der Waals surface area contributed by atoms with E-state index >= 15 is 0 Å². The van der Waals surface area contributed by atoms with Crippen LogP contribution in [0, 0.1) is 6.92 Å². The van der Waals surface area contributed by atoms with Crippen LogP contribution in [0.1, 0.15) is 38.7 Å². The first-order valence-corrected chi connectivity index (χ1v) is 9.08. The highest BCUT2D eigenvalue weighted by Crippen LogP contribution is 2.17. The van der Waals surface area contributed by atoms with Gasteiger partial charge in [0.15, 0.2) is 0 Å². The van der Waals surface area contributed by atoms with E-state index in [1.807, 2.05) is 13.0 Å². The lowest BCUT2D eigenvalue weighted by molar-refractivity contribution is -0.107. The van der Waals surface area contributed by atoms with Crippen molar-refractivity contribution in [3.63, 3.8) is 0 Å². The van der Waals surface area contributed by atoms with Crippen molar-refractivity contribution in [1.82, 2.24) is 4.31 Å². The van der Waals surface area contributed by atoms with Gasteiger partial charge in [0.1, 0.15) is 6.29 Å². The molecule has 4 nitrogen and oxygen atoms in total. The van der Waals surface area contributed by atoms with Gasteiger partial charge in [-0.1, -0.05) is 43.2 Å². The lowest BCUT2D eigenvalue weighted by Crippen LogP contribution is -2.32. The minimum absolute atomic E-state index is 0.201. The van der Waals surface area contributed by atoms with Gasteiger partial charge < -0.3 is 4.79 Å². The van der Waals surface area contributed by atoms with Crippen LogP contribution in [-0.2, 0) is 14.8 Å². The van der Waals surface area contributed by atoms with Gasteiger partial charge in [-0.3, -0.25) is 0 Å². The molecule has 0 aliphatic rings. The molecule has 0 saturated heterocycles. The Hall–Kier alpha value is -1.46. The standard InChI is InChI=1S/C17H25NO3S/c1-4-16(5-2)11-13-18(12-6-14-19)22(20,21)17-9-7-15(3)8-10-17/h7-11,14H,4-6,12-13H2,1-3H3. The van der Waals surface area contributed by atoms with Crippen LogP contribution in [-0.4, -0.2) is 32.1 Å². The third-order valence-electron chi connectivity index (χ3n) is 3.65. The summed E-state index contributed by atoms with van der Waals surface area (Å²) < 4.78 is 26.8. The number of benzene rings is 1. The number of aldehydes is 1. The van der Waals surface area contributed by atoms with Crippen LogP contribution < -0.4 is 0 Å². The quantitative estimate of drug-likeness (QED) is 0.517. The van der Waals surface area contributed by atoms with Crippen LogP contribution in [0.3, 0.4) is 0 Å². The lowest BCUT2D eigenvalue weighted by Gasteiger charge is -2.20. The summed E-state index contributed by atoms with van der Waals surface area (Å²) in [6, 6.07) is 6.79. The van der Waals surface area contributed by atoms with E-state index in [1.54, 1.807) is 24.3 Å². The third kappa shape index (κ3) is 5.07. The van der Waals surface area contributed by atoms with Gasteiger partial charge in [-0.2, -0.15) is 4.31 Å². The normalized spacial score (nSPS) is 11.5. The molecule has 0 aliphatic heterocycles. The van der Waals surface area contributed by atoms with E-state index in [-0.39, 0.29) is 17.9 Å². The number of hydrogen-bond acceptors (Lipinski definition) is 3. The second kappa shape index (κ2) is 8.86. The van der Waals surface area contributed by atoms with Crippen molar-refractivity contribution in [1.29, 1.82) is 0 Å². The Balaban J connectivity index is 3.05. The van der Waals surface area contributed by atoms with Gasteiger partial charge in [-0.25, -0.2) is 8.42 Å². The monoisotopic (exact) mass is 323 g/mol. The molecule has 1 rings (SSSR count). The number of allylic oxidation sites excluding steroid dienone is 1. The van der Waals surface area contributed by atoms with E-state index in [4.69, 9.17) is 0 Å². The summed E-state index contributed by atoms with van der Waals surface area (Å²) in [6.45, 7) is 6.54. The molecule has 0 unspecified atom stereocenters. The van der Waals surface area contributed by atoms with E-state index in [0.717, 1.165) is 24.7 Å². The summed E-state index contributed by atoms with van der Waals surface area (Å²) >= 11 is 0. The Kier molecular flexibility index (Phi) is 7.48. The van der Waals surface area contributed by atoms with E-state index < -0.39 is 10.0 Å². The summed E-state index contributed by atoms with van der Waals surface area (Å²) in [6.07, 6.45) is 4.72. The molecule has 0 radical (unpaired) electrons. The van der Waals surface area contributed by atoms with Gasteiger partial charge >= 0.3 is 0 Å². The number of hydrogen-bond donors (Lipinski definition) is 0. The van der Waals surface area contributed by atoms with Crippen molar-refractivity contribution in [2.24, 2.45) is 0 Å². The highest BCUT2D eigenvalue weighted by Gasteiger charge is 2.23. The molecule has 22 heavy (non-hydrogen) atoms. The zero-order valence-corrected chi connectivity index (χ0v) is 14.4. The van der Waals surface area contributed by atoms with Crippen molar-refractivity contribution in [2.45, 2.75) is 44.9 Å². The van der Waals surface area contributed by atoms with Crippen LogP contribution >= 0.6 is 0 Å². The molecule has 0 aliphatic carbocycles. The fourth-order valence-electron chi connectivity index (χ4n) is 2.14. The molecule has 5 heteroatoms. The Bertz CT molecular complexity index is 597. The van der Waals surface area contributed by atoms with Crippen molar-refractivity contribution in [2.75, 3.05) is 13.1 Å². The lowest BCUT2D eigenvalue weighted by atomic mass is 10.1. The number of sulfonamides is 1. The molecule has 1 aromatic rings. The summed E-state index contributed by atoms with van der Waals surface area (Å²) in [5.74, 6) is 0. The van der Waals surface area contributed by atoms with Crippen LogP contribution in [0.5, 0.6) is 0 Å². The van der Waals surface area contributed by atoms with Crippen molar-refractivity contribution in [3.8, 4) is 0 Å². The van der Waals surface area contributed by atoms with E-state index in [9.17, 15) is 13.2 Å². The van der Waals surface area contributed by atoms with Crippen molar-refractivity contribution in [3.05, 3.63) is 41.5 Å². The number of carbonyl (C=O) groups is 1. The van der Waals surface area contributed by atoms with Gasteiger partial charge in [-0.05, 0) is 31.9 Å². The summed E-state index contributed by atoms with van der Waals surface area (Å²) in [4.78, 5) is 10.9. The van der Waals surface area contributed by atoms with Crippen LogP contribution in [0.4, 0.5) is 0 Å².